The Morgan fingerprint density at radius 1 is 1.13 bits per heavy atom. The van der Waals surface area contributed by atoms with Crippen molar-refractivity contribution in [1.82, 2.24) is 15.5 Å². The molecule has 1 aromatic rings. The van der Waals surface area contributed by atoms with Crippen LogP contribution in [0, 0.1) is 28.5 Å². The largest absolute Gasteiger partial charge is 0.392 e. The van der Waals surface area contributed by atoms with E-state index in [1.165, 1.54) is 31.4 Å². The molecule has 4 bridgehead atoms. The second kappa shape index (κ2) is 9.81. The maximum atomic E-state index is 15.0. The summed E-state index contributed by atoms with van der Waals surface area (Å²) in [7, 11) is 0. The van der Waals surface area contributed by atoms with Crippen molar-refractivity contribution in [2.45, 2.75) is 83.8 Å². The standard InChI is InChI=1S/C29H41FN4O4/c1-18(35)13-31-24(36)21-5-4-8-34(14-21)25(37)20-6-7-23(22(30)9-20)32-26(38)33-29-12-19-10-27(2,16-29)15-28(3,11-19)17-29/h6-7,9,18-19,21,35H,4-5,8,10-17H2,1-3H3,(H,31,36)(H2,32,33,38)/t18?,19?,21-,27-,28+,29?/m0/s1. The number of piperidine rings is 1. The highest BCUT2D eigenvalue weighted by atomic mass is 19.1. The molecule has 4 N–H and O–H groups in total. The van der Waals surface area contributed by atoms with E-state index in [0.29, 0.717) is 25.3 Å². The van der Waals surface area contributed by atoms with E-state index in [-0.39, 0.29) is 58.4 Å². The zero-order chi connectivity index (χ0) is 27.3. The van der Waals surface area contributed by atoms with E-state index in [1.54, 1.807) is 11.8 Å². The number of carbonyl (C=O) groups is 3. The molecule has 9 heteroatoms. The molecule has 0 radical (unpaired) electrons. The summed E-state index contributed by atoms with van der Waals surface area (Å²) in [6, 6.07) is 3.70. The van der Waals surface area contributed by atoms with Crippen molar-refractivity contribution in [2.75, 3.05) is 25.0 Å². The number of rotatable bonds is 6. The van der Waals surface area contributed by atoms with Gasteiger partial charge < -0.3 is 26.0 Å². The Hall–Kier alpha value is -2.68. The zero-order valence-electron chi connectivity index (χ0n) is 22.7. The van der Waals surface area contributed by atoms with E-state index in [4.69, 9.17) is 0 Å². The van der Waals surface area contributed by atoms with Crippen LogP contribution in [-0.2, 0) is 4.79 Å². The second-order valence-corrected chi connectivity index (χ2v) is 13.4. The van der Waals surface area contributed by atoms with E-state index >= 15 is 4.39 Å². The van der Waals surface area contributed by atoms with Crippen LogP contribution in [0.25, 0.3) is 0 Å². The van der Waals surface area contributed by atoms with Gasteiger partial charge >= 0.3 is 6.03 Å². The highest BCUT2D eigenvalue weighted by Gasteiger charge is 2.60. The highest BCUT2D eigenvalue weighted by molar-refractivity contribution is 5.96. The Morgan fingerprint density at radius 3 is 2.47 bits per heavy atom. The van der Waals surface area contributed by atoms with Crippen LogP contribution in [0.4, 0.5) is 14.9 Å². The Morgan fingerprint density at radius 2 is 1.84 bits per heavy atom. The molecule has 1 aliphatic heterocycles. The number of nitrogens with one attached hydrogen (secondary N) is 3. The molecule has 5 fully saturated rings. The summed E-state index contributed by atoms with van der Waals surface area (Å²) in [5.74, 6) is -0.943. The third-order valence-corrected chi connectivity index (χ3v) is 9.12. The van der Waals surface area contributed by atoms with Gasteiger partial charge in [-0.25, -0.2) is 9.18 Å². The van der Waals surface area contributed by atoms with Crippen LogP contribution in [0.5, 0.6) is 0 Å². The summed E-state index contributed by atoms with van der Waals surface area (Å²) in [5, 5.41) is 18.0. The van der Waals surface area contributed by atoms with Gasteiger partial charge in [-0.3, -0.25) is 9.59 Å². The lowest BCUT2D eigenvalue weighted by Crippen LogP contribution is -2.65. The summed E-state index contributed by atoms with van der Waals surface area (Å²) >= 11 is 0. The number of benzene rings is 1. The molecule has 6 rings (SSSR count). The fraction of sp³-hybridized carbons (Fsp3) is 0.690. The van der Waals surface area contributed by atoms with Crippen LogP contribution in [0.2, 0.25) is 0 Å². The van der Waals surface area contributed by atoms with Gasteiger partial charge in [0.15, 0.2) is 0 Å². The average Bonchev–Trinajstić information content (AvgIpc) is 2.80. The topological polar surface area (TPSA) is 111 Å². The van der Waals surface area contributed by atoms with Gasteiger partial charge in [0.1, 0.15) is 5.82 Å². The van der Waals surface area contributed by atoms with Gasteiger partial charge in [-0.05, 0) is 93.2 Å². The van der Waals surface area contributed by atoms with Crippen LogP contribution in [0.3, 0.4) is 0 Å². The number of amides is 4. The molecule has 4 aliphatic carbocycles. The summed E-state index contributed by atoms with van der Waals surface area (Å²) in [6.45, 7) is 7.17. The lowest BCUT2D eigenvalue weighted by Gasteiger charge is -2.65. The minimum Gasteiger partial charge on any atom is -0.392 e. The van der Waals surface area contributed by atoms with E-state index in [2.05, 4.69) is 29.8 Å². The van der Waals surface area contributed by atoms with Crippen LogP contribution >= 0.6 is 0 Å². The van der Waals surface area contributed by atoms with E-state index in [9.17, 15) is 19.5 Å². The number of halogens is 1. The Kier molecular flexibility index (Phi) is 6.95. The number of likely N-dealkylation sites (tertiary alicyclic amines) is 1. The summed E-state index contributed by atoms with van der Waals surface area (Å²) in [4.78, 5) is 40.1. The van der Waals surface area contributed by atoms with Crippen molar-refractivity contribution < 1.29 is 23.9 Å². The number of hydrogen-bond donors (Lipinski definition) is 4. The van der Waals surface area contributed by atoms with Gasteiger partial charge in [-0.15, -0.1) is 0 Å². The SMILES string of the molecule is CC(O)CNC(=O)[C@H]1CCCN(C(=O)c2ccc(NC(=O)NC34CC5C[C@@](C)(C3)C[C@](C)(C5)C4)c(F)c2)C1. The molecule has 5 aliphatic rings. The monoisotopic (exact) mass is 528 g/mol. The summed E-state index contributed by atoms with van der Waals surface area (Å²) < 4.78 is 15.0. The molecule has 4 amide bonds. The maximum absolute atomic E-state index is 15.0. The van der Waals surface area contributed by atoms with Crippen molar-refractivity contribution >= 4 is 23.5 Å². The first-order valence-electron chi connectivity index (χ1n) is 14.0. The first-order chi connectivity index (χ1) is 17.9. The van der Waals surface area contributed by atoms with Gasteiger partial charge in [0.2, 0.25) is 5.91 Å². The first kappa shape index (κ1) is 26.9. The van der Waals surface area contributed by atoms with Crippen molar-refractivity contribution in [3.05, 3.63) is 29.6 Å². The maximum Gasteiger partial charge on any atom is 0.319 e. The van der Waals surface area contributed by atoms with E-state index in [1.807, 2.05) is 0 Å². The fourth-order valence-electron chi connectivity index (χ4n) is 8.68. The predicted octanol–water partition coefficient (Wildman–Crippen LogP) is 4.05. The molecule has 1 aromatic carbocycles. The zero-order valence-corrected chi connectivity index (χ0v) is 22.7. The molecule has 38 heavy (non-hydrogen) atoms. The molecule has 0 aromatic heterocycles. The van der Waals surface area contributed by atoms with Crippen LogP contribution in [-0.4, -0.2) is 59.1 Å². The Bertz CT molecular complexity index is 1110. The number of anilines is 1. The lowest BCUT2D eigenvalue weighted by molar-refractivity contribution is -0.126. The van der Waals surface area contributed by atoms with Crippen molar-refractivity contribution in [2.24, 2.45) is 22.7 Å². The first-order valence-corrected chi connectivity index (χ1v) is 14.0. The van der Waals surface area contributed by atoms with Gasteiger partial charge in [0, 0.05) is 30.7 Å². The Balaban J connectivity index is 1.20. The van der Waals surface area contributed by atoms with Crippen LogP contribution in [0.15, 0.2) is 18.2 Å². The molecular formula is C29H41FN4O4. The molecule has 6 atom stereocenters. The molecule has 208 valence electrons. The van der Waals surface area contributed by atoms with Crippen molar-refractivity contribution in [3.8, 4) is 0 Å². The van der Waals surface area contributed by atoms with E-state index < -0.39 is 18.0 Å². The molecular weight excluding hydrogens is 487 g/mol. The molecule has 8 nitrogen and oxygen atoms in total. The van der Waals surface area contributed by atoms with Gasteiger partial charge in [0.25, 0.3) is 5.91 Å². The third-order valence-electron chi connectivity index (χ3n) is 9.12. The van der Waals surface area contributed by atoms with Gasteiger partial charge in [0.05, 0.1) is 17.7 Å². The minimum absolute atomic E-state index is 0.0372. The smallest absolute Gasteiger partial charge is 0.319 e. The van der Waals surface area contributed by atoms with Crippen LogP contribution in [0.1, 0.15) is 82.5 Å². The molecule has 3 unspecified atom stereocenters. The minimum atomic E-state index is -0.668. The summed E-state index contributed by atoms with van der Waals surface area (Å²) in [5.41, 5.74) is 0.474. The van der Waals surface area contributed by atoms with Crippen molar-refractivity contribution in [1.29, 1.82) is 0 Å². The summed E-state index contributed by atoms with van der Waals surface area (Å²) in [6.07, 6.45) is 7.24. The molecule has 1 heterocycles. The van der Waals surface area contributed by atoms with Crippen LogP contribution < -0.4 is 16.0 Å². The number of aliphatic hydroxyl groups is 1. The predicted molar refractivity (Wildman–Crippen MR) is 142 cm³/mol. The van der Waals surface area contributed by atoms with Gasteiger partial charge in [-0.1, -0.05) is 13.8 Å². The molecule has 4 saturated carbocycles. The van der Waals surface area contributed by atoms with Crippen molar-refractivity contribution in [3.63, 3.8) is 0 Å². The number of aliphatic hydroxyl groups excluding tert-OH is 1. The number of urea groups is 1. The fourth-order valence-corrected chi connectivity index (χ4v) is 8.68. The normalized spacial score (nSPS) is 34.5. The van der Waals surface area contributed by atoms with Gasteiger partial charge in [-0.2, -0.15) is 0 Å². The lowest BCUT2D eigenvalue weighted by atomic mass is 9.43. The highest BCUT2D eigenvalue weighted by Crippen LogP contribution is 2.66. The number of hydrogen-bond acceptors (Lipinski definition) is 4. The van der Waals surface area contributed by atoms with E-state index in [0.717, 1.165) is 25.3 Å². The molecule has 0 spiro atoms. The quantitative estimate of drug-likeness (QED) is 0.447. The number of carbonyl (C=O) groups excluding carboxylic acids is 3. The third kappa shape index (κ3) is 5.53. The average molecular weight is 529 g/mol. The molecule has 1 saturated heterocycles. The Labute approximate surface area is 224 Å². The second-order valence-electron chi connectivity index (χ2n) is 13.4. The number of nitrogens with zero attached hydrogens (tertiary/aromatic N) is 1.